The average molecular weight is 395 g/mol. The lowest BCUT2D eigenvalue weighted by atomic mass is 10.1. The van der Waals surface area contributed by atoms with Gasteiger partial charge in [0, 0.05) is 29.7 Å². The third-order valence-electron chi connectivity index (χ3n) is 4.17. The van der Waals surface area contributed by atoms with E-state index in [0.29, 0.717) is 10.7 Å². The fourth-order valence-corrected chi connectivity index (χ4v) is 3.04. The summed E-state index contributed by atoms with van der Waals surface area (Å²) in [7, 11) is 0. The number of hydrogen-bond donors (Lipinski definition) is 1. The number of primary amides is 1. The van der Waals surface area contributed by atoms with Crippen LogP contribution in [0, 0.1) is 0 Å². The molecule has 0 bridgehead atoms. The van der Waals surface area contributed by atoms with Gasteiger partial charge in [-0.15, -0.1) is 0 Å². The van der Waals surface area contributed by atoms with Crippen molar-refractivity contribution in [2.75, 3.05) is 4.90 Å². The minimum absolute atomic E-state index is 0.136. The van der Waals surface area contributed by atoms with Gasteiger partial charge in [-0.3, -0.25) is 19.6 Å². The normalized spacial score (nSPS) is 10.7. The van der Waals surface area contributed by atoms with Crippen LogP contribution in [0.25, 0.3) is 11.3 Å². The lowest BCUT2D eigenvalue weighted by molar-refractivity contribution is 0.0970. The minimum atomic E-state index is -0.593. The summed E-state index contributed by atoms with van der Waals surface area (Å²) in [6, 6.07) is 13.8. The third kappa shape index (κ3) is 4.02. The second kappa shape index (κ2) is 8.19. The first-order valence-electron chi connectivity index (χ1n) is 8.69. The smallest absolute Gasteiger partial charge is 0.277 e. The maximum Gasteiger partial charge on any atom is 0.277 e. The monoisotopic (exact) mass is 394 g/mol. The van der Waals surface area contributed by atoms with Gasteiger partial charge in [0.05, 0.1) is 16.3 Å². The molecule has 0 aliphatic heterocycles. The number of anilines is 1. The van der Waals surface area contributed by atoms with Crippen molar-refractivity contribution in [3.63, 3.8) is 0 Å². The van der Waals surface area contributed by atoms with Gasteiger partial charge in [0.2, 0.25) is 5.91 Å². The number of hydrogen-bond acceptors (Lipinski definition) is 4. The van der Waals surface area contributed by atoms with E-state index in [4.69, 9.17) is 17.3 Å². The molecular weight excluding hydrogens is 376 g/mol. The van der Waals surface area contributed by atoms with Crippen molar-refractivity contribution in [1.29, 1.82) is 0 Å². The van der Waals surface area contributed by atoms with Crippen LogP contribution < -0.4 is 10.6 Å². The fraction of sp³-hybridized carbons (Fsp3) is 0.143. The van der Waals surface area contributed by atoms with E-state index in [1.807, 2.05) is 38.1 Å². The van der Waals surface area contributed by atoms with Crippen molar-refractivity contribution < 1.29 is 9.59 Å². The Morgan fingerprint density at radius 3 is 2.43 bits per heavy atom. The number of aromatic nitrogens is 2. The molecule has 0 aliphatic rings. The van der Waals surface area contributed by atoms with Gasteiger partial charge in [0.1, 0.15) is 5.69 Å². The van der Waals surface area contributed by atoms with Crippen LogP contribution >= 0.6 is 11.6 Å². The average Bonchev–Trinajstić information content (AvgIpc) is 2.69. The molecule has 2 aromatic heterocycles. The van der Waals surface area contributed by atoms with Gasteiger partial charge in [0.25, 0.3) is 5.91 Å². The van der Waals surface area contributed by atoms with Gasteiger partial charge in [0.15, 0.2) is 0 Å². The highest BCUT2D eigenvalue weighted by atomic mass is 35.5. The van der Waals surface area contributed by atoms with E-state index in [1.165, 1.54) is 18.3 Å². The van der Waals surface area contributed by atoms with Crippen LogP contribution in [0.4, 0.5) is 5.69 Å². The summed E-state index contributed by atoms with van der Waals surface area (Å²) in [5.74, 6) is -0.884. The van der Waals surface area contributed by atoms with Crippen LogP contribution in [-0.2, 0) is 0 Å². The lowest BCUT2D eigenvalue weighted by Gasteiger charge is -2.27. The molecule has 0 saturated carbocycles. The van der Waals surface area contributed by atoms with Gasteiger partial charge in [-0.1, -0.05) is 17.7 Å². The summed E-state index contributed by atoms with van der Waals surface area (Å²) in [4.78, 5) is 34.4. The van der Waals surface area contributed by atoms with Crippen molar-refractivity contribution >= 4 is 29.1 Å². The van der Waals surface area contributed by atoms with Crippen molar-refractivity contribution in [3.8, 4) is 11.3 Å². The van der Waals surface area contributed by atoms with Gasteiger partial charge < -0.3 is 10.6 Å². The molecule has 0 fully saturated rings. The molecule has 28 heavy (non-hydrogen) atoms. The summed E-state index contributed by atoms with van der Waals surface area (Å²) >= 11 is 6.36. The first-order valence-corrected chi connectivity index (χ1v) is 9.06. The number of nitrogens with two attached hydrogens (primary N) is 1. The van der Waals surface area contributed by atoms with E-state index in [9.17, 15) is 9.59 Å². The molecule has 0 aliphatic carbocycles. The number of pyridine rings is 2. The Hall–Kier alpha value is -3.25. The van der Waals surface area contributed by atoms with Crippen LogP contribution in [0.15, 0.2) is 60.9 Å². The van der Waals surface area contributed by atoms with Gasteiger partial charge >= 0.3 is 0 Å². The van der Waals surface area contributed by atoms with Crippen LogP contribution in [0.3, 0.4) is 0 Å². The van der Waals surface area contributed by atoms with Crippen LogP contribution in [0.5, 0.6) is 0 Å². The zero-order valence-electron chi connectivity index (χ0n) is 15.5. The molecule has 1 aromatic carbocycles. The molecule has 2 heterocycles. The van der Waals surface area contributed by atoms with Crippen molar-refractivity contribution in [1.82, 2.24) is 9.97 Å². The highest BCUT2D eigenvalue weighted by molar-refractivity contribution is 6.33. The molecular formula is C21H19ClN4O2. The molecule has 6 nitrogen and oxygen atoms in total. The number of halogens is 1. The molecule has 3 aromatic rings. The lowest BCUT2D eigenvalue weighted by Crippen LogP contribution is -2.37. The zero-order valence-corrected chi connectivity index (χ0v) is 16.2. The summed E-state index contributed by atoms with van der Waals surface area (Å²) in [5, 5.41) is 0.544. The third-order valence-corrected chi connectivity index (χ3v) is 4.50. The van der Waals surface area contributed by atoms with E-state index in [1.54, 1.807) is 23.2 Å². The fourth-order valence-electron chi connectivity index (χ4n) is 2.82. The summed E-state index contributed by atoms with van der Waals surface area (Å²) in [6.07, 6.45) is 2.99. The maximum atomic E-state index is 13.1. The molecule has 142 valence electrons. The zero-order chi connectivity index (χ0) is 20.3. The van der Waals surface area contributed by atoms with E-state index >= 15 is 0 Å². The van der Waals surface area contributed by atoms with Gasteiger partial charge in [-0.2, -0.15) is 0 Å². The Balaban J connectivity index is 2.01. The first-order chi connectivity index (χ1) is 13.4. The Bertz CT molecular complexity index is 1000. The number of carbonyl (C=O) groups is 2. The van der Waals surface area contributed by atoms with Crippen LogP contribution in [0.2, 0.25) is 5.02 Å². The highest BCUT2D eigenvalue weighted by Crippen LogP contribution is 2.32. The molecule has 2 N–H and O–H groups in total. The van der Waals surface area contributed by atoms with Gasteiger partial charge in [-0.25, -0.2) is 0 Å². The predicted molar refractivity (Wildman–Crippen MR) is 109 cm³/mol. The number of benzene rings is 1. The topological polar surface area (TPSA) is 89.2 Å². The van der Waals surface area contributed by atoms with Crippen molar-refractivity contribution in [2.45, 2.75) is 19.9 Å². The van der Waals surface area contributed by atoms with E-state index in [-0.39, 0.29) is 23.2 Å². The highest BCUT2D eigenvalue weighted by Gasteiger charge is 2.23. The minimum Gasteiger partial charge on any atom is -0.366 e. The van der Waals surface area contributed by atoms with Gasteiger partial charge in [-0.05, 0) is 56.3 Å². The number of nitrogens with zero attached hydrogens (tertiary/aromatic N) is 3. The van der Waals surface area contributed by atoms with Crippen molar-refractivity contribution in [2.24, 2.45) is 5.73 Å². The Morgan fingerprint density at radius 1 is 1.07 bits per heavy atom. The van der Waals surface area contributed by atoms with E-state index in [2.05, 4.69) is 9.97 Å². The molecule has 0 saturated heterocycles. The predicted octanol–water partition coefficient (Wildman–Crippen LogP) is 3.95. The molecule has 0 unspecified atom stereocenters. The van der Waals surface area contributed by atoms with Crippen molar-refractivity contribution in [3.05, 3.63) is 77.2 Å². The Kier molecular flexibility index (Phi) is 5.70. The SMILES string of the molecule is CC(C)N(C(=O)c1ccc(C(N)=O)cn1)c1ccc(Cl)c(-c2ccccn2)c1. The second-order valence-electron chi connectivity index (χ2n) is 6.44. The quantitative estimate of drug-likeness (QED) is 0.709. The van der Waals surface area contributed by atoms with E-state index in [0.717, 1.165) is 11.3 Å². The number of rotatable bonds is 5. The maximum absolute atomic E-state index is 13.1. The Labute approximate surface area is 168 Å². The number of carbonyl (C=O) groups excluding carboxylic acids is 2. The molecule has 0 atom stereocenters. The second-order valence-corrected chi connectivity index (χ2v) is 6.85. The molecule has 3 rings (SSSR count). The first kappa shape index (κ1) is 19.5. The standard InChI is InChI=1S/C21H19ClN4O2/c1-13(2)26(21(28)19-9-6-14(12-25-19)20(23)27)15-7-8-17(22)16(11-15)18-5-3-4-10-24-18/h3-13H,1-2H3,(H2,23,27). The largest absolute Gasteiger partial charge is 0.366 e. The van der Waals surface area contributed by atoms with Crippen LogP contribution in [0.1, 0.15) is 34.7 Å². The van der Waals surface area contributed by atoms with E-state index < -0.39 is 5.91 Å². The Morgan fingerprint density at radius 2 is 1.86 bits per heavy atom. The summed E-state index contributed by atoms with van der Waals surface area (Å²) < 4.78 is 0. The summed E-state index contributed by atoms with van der Waals surface area (Å²) in [5.41, 5.74) is 7.82. The number of amides is 2. The summed E-state index contributed by atoms with van der Waals surface area (Å²) in [6.45, 7) is 3.81. The molecule has 0 radical (unpaired) electrons. The molecule has 2 amide bonds. The molecule has 7 heteroatoms. The van der Waals surface area contributed by atoms with Crippen LogP contribution in [-0.4, -0.2) is 27.8 Å². The molecule has 0 spiro atoms.